The van der Waals surface area contributed by atoms with Crippen molar-refractivity contribution >= 4 is 0 Å². The summed E-state index contributed by atoms with van der Waals surface area (Å²) in [5.74, 6) is 5.62. The minimum absolute atomic E-state index is 0.0840. The molecule has 0 unspecified atom stereocenters. The lowest BCUT2D eigenvalue weighted by Gasteiger charge is -2.14. The lowest BCUT2D eigenvalue weighted by molar-refractivity contribution is 0.766. The third-order valence-electron chi connectivity index (χ3n) is 10.0. The molecule has 9 nitrogen and oxygen atoms in total. The average Bonchev–Trinajstić information content (AvgIpc) is 3.32. The summed E-state index contributed by atoms with van der Waals surface area (Å²) >= 11 is 0. The predicted octanol–water partition coefficient (Wildman–Crippen LogP) is 11.8. The van der Waals surface area contributed by atoms with Crippen LogP contribution in [0.4, 0.5) is 0 Å². The van der Waals surface area contributed by atoms with Gasteiger partial charge in [0.15, 0.2) is 40.8 Å². The molecule has 290 valence electrons. The molecule has 0 aliphatic heterocycles. The van der Waals surface area contributed by atoms with E-state index in [9.17, 15) is 0 Å². The van der Waals surface area contributed by atoms with Crippen molar-refractivity contribution < 1.29 is 0 Å². The van der Waals surface area contributed by atoms with Crippen LogP contribution in [0.2, 0.25) is 0 Å². The van der Waals surface area contributed by atoms with Gasteiger partial charge in [-0.15, -0.1) is 0 Å². The molecule has 0 N–H and O–H groups in total. The van der Waals surface area contributed by atoms with E-state index in [-0.39, 0.29) is 11.8 Å². The predicted molar refractivity (Wildman–Crippen MR) is 238 cm³/mol. The third-order valence-corrected chi connectivity index (χ3v) is 10.0. The summed E-state index contributed by atoms with van der Waals surface area (Å²) in [4.78, 5) is 45.0. The molecule has 60 heavy (non-hydrogen) atoms. The first kappa shape index (κ1) is 37.9. The fraction of sp³-hybridized carbons (Fsp3) is 0.118. The highest BCUT2D eigenvalue weighted by molar-refractivity contribution is 5.79. The lowest BCUT2D eigenvalue weighted by atomic mass is 9.98. The van der Waals surface area contributed by atoms with E-state index in [0.717, 1.165) is 55.9 Å². The van der Waals surface area contributed by atoms with Crippen molar-refractivity contribution in [1.29, 1.82) is 0 Å². The molecule has 0 atom stereocenters. The van der Waals surface area contributed by atoms with Gasteiger partial charge in [-0.1, -0.05) is 167 Å². The van der Waals surface area contributed by atoms with Gasteiger partial charge in [0.25, 0.3) is 0 Å². The van der Waals surface area contributed by atoms with Gasteiger partial charge < -0.3 is 0 Å². The Bertz CT molecular complexity index is 2920. The van der Waals surface area contributed by atoms with E-state index in [1.807, 2.05) is 133 Å². The first-order chi connectivity index (χ1) is 29.3. The van der Waals surface area contributed by atoms with Gasteiger partial charge >= 0.3 is 0 Å². The maximum absolute atomic E-state index is 5.20. The van der Waals surface area contributed by atoms with Gasteiger partial charge in [-0.05, 0) is 35.4 Å². The summed E-state index contributed by atoms with van der Waals surface area (Å²) in [6.07, 6.45) is 0. The molecule has 9 rings (SSSR count). The molecular formula is C51H41N9. The molecule has 0 saturated carbocycles. The fourth-order valence-corrected chi connectivity index (χ4v) is 6.82. The van der Waals surface area contributed by atoms with Crippen LogP contribution in [0.1, 0.15) is 51.2 Å². The number of hydrogen-bond acceptors (Lipinski definition) is 9. The Morgan fingerprint density at radius 2 is 0.483 bits per heavy atom. The highest BCUT2D eigenvalue weighted by atomic mass is 15.1. The van der Waals surface area contributed by atoms with Crippen molar-refractivity contribution in [3.8, 4) is 90.8 Å². The summed E-state index contributed by atoms with van der Waals surface area (Å²) in [6.45, 7) is 8.37. The zero-order valence-corrected chi connectivity index (χ0v) is 33.8. The molecule has 0 aliphatic carbocycles. The molecule has 0 radical (unpaired) electrons. The Morgan fingerprint density at radius 1 is 0.233 bits per heavy atom. The van der Waals surface area contributed by atoms with E-state index < -0.39 is 0 Å². The molecule has 3 aromatic heterocycles. The van der Waals surface area contributed by atoms with Crippen molar-refractivity contribution in [2.75, 3.05) is 0 Å². The van der Waals surface area contributed by atoms with Gasteiger partial charge in [0.2, 0.25) is 0 Å². The second-order valence-electron chi connectivity index (χ2n) is 15.1. The molecule has 3 heterocycles. The third kappa shape index (κ3) is 8.19. The number of nitrogens with zero attached hydrogens (tertiary/aromatic N) is 9. The van der Waals surface area contributed by atoms with E-state index >= 15 is 0 Å². The lowest BCUT2D eigenvalue weighted by Crippen LogP contribution is -2.05. The average molecular weight is 780 g/mol. The molecule has 0 bridgehead atoms. The molecule has 0 saturated heterocycles. The summed E-state index contributed by atoms with van der Waals surface area (Å²) in [5.41, 5.74) is 7.99. The van der Waals surface area contributed by atoms with Crippen LogP contribution in [-0.4, -0.2) is 44.9 Å². The van der Waals surface area contributed by atoms with Crippen molar-refractivity contribution in [2.24, 2.45) is 0 Å². The summed E-state index contributed by atoms with van der Waals surface area (Å²) < 4.78 is 0. The Kier molecular flexibility index (Phi) is 10.5. The first-order valence-electron chi connectivity index (χ1n) is 20.1. The number of aromatic nitrogens is 9. The van der Waals surface area contributed by atoms with Gasteiger partial charge in [-0.25, -0.2) is 44.9 Å². The normalized spacial score (nSPS) is 11.3. The zero-order chi connectivity index (χ0) is 41.0. The minimum Gasteiger partial charge on any atom is -0.213 e. The van der Waals surface area contributed by atoms with E-state index in [2.05, 4.69) is 58.0 Å². The first-order valence-corrected chi connectivity index (χ1v) is 20.1. The van der Waals surface area contributed by atoms with Gasteiger partial charge in [0.1, 0.15) is 11.6 Å². The van der Waals surface area contributed by atoms with E-state index in [4.69, 9.17) is 44.9 Å². The number of hydrogen-bond donors (Lipinski definition) is 0. The SMILES string of the molecule is CC(C)c1nc(-c2ccccc2)nc(-c2cccc(-c3nc(-c4ccccc4)nc(-c4cc(-c5ccccc5)cc(-c5nc(-c6ccccc6)nc(C(C)C)n5)c4)n3)c2)n1. The molecule has 0 fully saturated rings. The minimum atomic E-state index is 0.0840. The summed E-state index contributed by atoms with van der Waals surface area (Å²) in [5, 5.41) is 0. The van der Waals surface area contributed by atoms with Crippen molar-refractivity contribution in [3.05, 3.63) is 175 Å². The van der Waals surface area contributed by atoms with Gasteiger partial charge in [-0.3, -0.25) is 0 Å². The van der Waals surface area contributed by atoms with Crippen molar-refractivity contribution in [1.82, 2.24) is 44.9 Å². The topological polar surface area (TPSA) is 116 Å². The van der Waals surface area contributed by atoms with Crippen molar-refractivity contribution in [2.45, 2.75) is 39.5 Å². The van der Waals surface area contributed by atoms with E-state index in [0.29, 0.717) is 46.6 Å². The molecular weight excluding hydrogens is 739 g/mol. The Balaban J connectivity index is 1.22. The van der Waals surface area contributed by atoms with Crippen LogP contribution in [0.25, 0.3) is 90.8 Å². The zero-order valence-electron chi connectivity index (χ0n) is 33.8. The number of rotatable bonds is 10. The van der Waals surface area contributed by atoms with Crippen molar-refractivity contribution in [3.63, 3.8) is 0 Å². The van der Waals surface area contributed by atoms with Crippen LogP contribution in [0.15, 0.2) is 164 Å². The Hall–Kier alpha value is -7.65. The maximum atomic E-state index is 5.20. The summed E-state index contributed by atoms with van der Waals surface area (Å²) in [7, 11) is 0. The van der Waals surface area contributed by atoms with Crippen LogP contribution in [0.5, 0.6) is 0 Å². The molecule has 0 aliphatic rings. The van der Waals surface area contributed by atoms with E-state index in [1.165, 1.54) is 0 Å². The Morgan fingerprint density at radius 3 is 0.867 bits per heavy atom. The molecule has 9 heteroatoms. The van der Waals surface area contributed by atoms with E-state index in [1.54, 1.807) is 0 Å². The maximum Gasteiger partial charge on any atom is 0.164 e. The highest BCUT2D eigenvalue weighted by Crippen LogP contribution is 2.34. The van der Waals surface area contributed by atoms with Crippen LogP contribution in [0, 0.1) is 0 Å². The largest absolute Gasteiger partial charge is 0.213 e. The molecule has 0 amide bonds. The van der Waals surface area contributed by atoms with Crippen LogP contribution < -0.4 is 0 Å². The molecule has 6 aromatic carbocycles. The smallest absolute Gasteiger partial charge is 0.164 e. The van der Waals surface area contributed by atoms with Crippen LogP contribution in [0.3, 0.4) is 0 Å². The second kappa shape index (κ2) is 16.7. The molecule has 0 spiro atoms. The highest BCUT2D eigenvalue weighted by Gasteiger charge is 2.19. The monoisotopic (exact) mass is 779 g/mol. The quantitative estimate of drug-likeness (QED) is 0.134. The molecule has 9 aromatic rings. The van der Waals surface area contributed by atoms with Gasteiger partial charge in [0.05, 0.1) is 0 Å². The van der Waals surface area contributed by atoms with Gasteiger partial charge in [-0.2, -0.15) is 0 Å². The van der Waals surface area contributed by atoms with Crippen LogP contribution in [-0.2, 0) is 0 Å². The fourth-order valence-electron chi connectivity index (χ4n) is 6.82. The number of benzene rings is 6. The summed E-state index contributed by atoms with van der Waals surface area (Å²) in [6, 6.07) is 54.7. The standard InChI is InChI=1S/C51H41N9/c1-32(2)43-52-45(35-20-11-6-12-21-35)56-48(54-43)38-26-17-27-39(28-38)49-57-47(37-24-15-8-16-25-37)59-51(60-49)42-30-40(34-18-9-5-10-19-34)29-41(31-42)50-55-44(33(3)4)53-46(58-50)36-22-13-7-14-23-36/h5-33H,1-4H3. The van der Waals surface area contributed by atoms with Gasteiger partial charge in [0, 0.05) is 50.8 Å². The van der Waals surface area contributed by atoms with Crippen LogP contribution >= 0.6 is 0 Å². The Labute approximate surface area is 349 Å². The second-order valence-corrected chi connectivity index (χ2v) is 15.1.